The van der Waals surface area contributed by atoms with Crippen LogP contribution in [0.25, 0.3) is 0 Å². The molecule has 1 aliphatic heterocycles. The number of nitrogens with one attached hydrogen (secondary N) is 1. The summed E-state index contributed by atoms with van der Waals surface area (Å²) in [5.74, 6) is 1.12. The van der Waals surface area contributed by atoms with Crippen LogP contribution in [0.2, 0.25) is 0 Å². The van der Waals surface area contributed by atoms with Gasteiger partial charge in [-0.05, 0) is 19.8 Å². The van der Waals surface area contributed by atoms with E-state index >= 15 is 0 Å². The zero-order chi connectivity index (χ0) is 16.4. The predicted molar refractivity (Wildman–Crippen MR) is 87.7 cm³/mol. The first-order chi connectivity index (χ1) is 11.0. The summed E-state index contributed by atoms with van der Waals surface area (Å²) in [5.41, 5.74) is -0.0887. The third-order valence-corrected chi connectivity index (χ3v) is 5.67. The number of hydrogen-bond donors (Lipinski definition) is 1. The van der Waals surface area contributed by atoms with Crippen molar-refractivity contribution in [3.63, 3.8) is 0 Å². The lowest BCUT2D eigenvalue weighted by atomic mass is 10.1. The topological polar surface area (TPSA) is 94.7 Å². The fraction of sp³-hybridized carbons (Fsp3) is 0.615. The number of thioether (sulfide) groups is 1. The minimum absolute atomic E-state index is 0.0136. The van der Waals surface area contributed by atoms with Crippen LogP contribution in [0, 0.1) is 6.92 Å². The lowest BCUT2D eigenvalue weighted by molar-refractivity contribution is -0.119. The second-order valence-corrected chi connectivity index (χ2v) is 7.85. The van der Waals surface area contributed by atoms with Crippen LogP contribution in [0.5, 0.6) is 0 Å². The van der Waals surface area contributed by atoms with Crippen LogP contribution < -0.4 is 11.0 Å². The number of rotatable bonds is 4. The maximum absolute atomic E-state index is 12.1. The van der Waals surface area contributed by atoms with Crippen LogP contribution >= 0.6 is 23.1 Å². The second-order valence-electron chi connectivity index (χ2n) is 5.44. The fourth-order valence-corrected chi connectivity index (χ4v) is 4.20. The Kier molecular flexibility index (Phi) is 4.81. The van der Waals surface area contributed by atoms with Crippen molar-refractivity contribution in [1.29, 1.82) is 0 Å². The van der Waals surface area contributed by atoms with Gasteiger partial charge >= 0.3 is 5.69 Å². The molecule has 0 saturated carbocycles. The number of aromatic nitrogens is 5. The molecular formula is C13H18N6O2S2. The Morgan fingerprint density at radius 3 is 3.00 bits per heavy atom. The number of carbonyl (C=O) groups is 1. The first-order valence-corrected chi connectivity index (χ1v) is 9.18. The van der Waals surface area contributed by atoms with Crippen molar-refractivity contribution >= 4 is 29.0 Å². The summed E-state index contributed by atoms with van der Waals surface area (Å²) in [6.45, 7) is 2.48. The molecule has 1 atom stereocenters. The van der Waals surface area contributed by atoms with Crippen molar-refractivity contribution in [1.82, 2.24) is 29.9 Å². The van der Waals surface area contributed by atoms with Crippen molar-refractivity contribution in [2.24, 2.45) is 7.05 Å². The van der Waals surface area contributed by atoms with Crippen LogP contribution in [-0.4, -0.2) is 42.2 Å². The van der Waals surface area contributed by atoms with Crippen molar-refractivity contribution in [2.75, 3.05) is 5.75 Å². The molecule has 1 amide bonds. The summed E-state index contributed by atoms with van der Waals surface area (Å²) < 4.78 is 3.88. The van der Waals surface area contributed by atoms with Crippen molar-refractivity contribution in [3.05, 3.63) is 21.3 Å². The summed E-state index contributed by atoms with van der Waals surface area (Å²) in [6.07, 6.45) is 2.24. The van der Waals surface area contributed by atoms with Crippen LogP contribution in [-0.2, 0) is 24.8 Å². The average molecular weight is 354 g/mol. The predicted octanol–water partition coefficient (Wildman–Crippen LogP) is 0.355. The molecule has 0 spiro atoms. The monoisotopic (exact) mass is 354 g/mol. The number of carbonyl (C=O) groups excluding carboxylic acids is 1. The smallest absolute Gasteiger partial charge is 0.345 e. The number of amides is 1. The molecule has 0 aromatic carbocycles. The highest BCUT2D eigenvalue weighted by Gasteiger charge is 2.21. The number of hydrogen-bond acceptors (Lipinski definition) is 7. The quantitative estimate of drug-likeness (QED) is 0.797. The molecule has 2 aromatic rings. The van der Waals surface area contributed by atoms with E-state index in [0.717, 1.165) is 28.0 Å². The molecule has 23 heavy (non-hydrogen) atoms. The zero-order valence-electron chi connectivity index (χ0n) is 13.0. The van der Waals surface area contributed by atoms with Crippen molar-refractivity contribution in [2.45, 2.75) is 43.1 Å². The molecule has 0 radical (unpaired) electrons. The van der Waals surface area contributed by atoms with Crippen LogP contribution in [0.15, 0.2) is 9.13 Å². The van der Waals surface area contributed by atoms with E-state index < -0.39 is 0 Å². The van der Waals surface area contributed by atoms with Crippen LogP contribution in [0.4, 0.5) is 0 Å². The average Bonchev–Trinajstić information content (AvgIpc) is 2.98. The van der Waals surface area contributed by atoms with Gasteiger partial charge in [-0.3, -0.25) is 9.36 Å². The van der Waals surface area contributed by atoms with Crippen LogP contribution in [0.3, 0.4) is 0 Å². The highest BCUT2D eigenvalue weighted by Crippen LogP contribution is 2.21. The molecule has 0 saturated heterocycles. The van der Waals surface area contributed by atoms with Gasteiger partial charge in [0, 0.05) is 26.1 Å². The Morgan fingerprint density at radius 2 is 2.26 bits per heavy atom. The molecule has 3 rings (SSSR count). The molecule has 124 valence electrons. The number of nitrogens with zero attached hydrogens (tertiary/aromatic N) is 5. The van der Waals surface area contributed by atoms with Crippen molar-refractivity contribution in [3.8, 4) is 0 Å². The van der Waals surface area contributed by atoms with Gasteiger partial charge in [0.25, 0.3) is 0 Å². The van der Waals surface area contributed by atoms with E-state index in [2.05, 4.69) is 20.6 Å². The summed E-state index contributed by atoms with van der Waals surface area (Å²) in [6, 6.07) is 0.0747. The van der Waals surface area contributed by atoms with Gasteiger partial charge in [0.2, 0.25) is 5.91 Å². The Bertz CT molecular complexity index is 765. The number of aryl methyl sites for hydroxylation is 3. The zero-order valence-corrected chi connectivity index (χ0v) is 14.6. The normalized spacial score (nSPS) is 17.6. The molecule has 8 nitrogen and oxygen atoms in total. The molecular weight excluding hydrogens is 336 g/mol. The maximum Gasteiger partial charge on any atom is 0.345 e. The van der Waals surface area contributed by atoms with Gasteiger partial charge in [-0.2, -0.15) is 5.10 Å². The molecule has 0 fully saturated rings. The van der Waals surface area contributed by atoms with E-state index in [9.17, 15) is 9.59 Å². The molecule has 2 aromatic heterocycles. The van der Waals surface area contributed by atoms with Crippen molar-refractivity contribution < 1.29 is 4.79 Å². The summed E-state index contributed by atoms with van der Waals surface area (Å²) in [7, 11) is 1.66. The second kappa shape index (κ2) is 6.83. The Balaban J connectivity index is 1.51. The summed E-state index contributed by atoms with van der Waals surface area (Å²) in [4.78, 5) is 24.0. The van der Waals surface area contributed by atoms with Gasteiger partial charge in [-0.1, -0.05) is 23.1 Å². The van der Waals surface area contributed by atoms with Gasteiger partial charge in [0.1, 0.15) is 10.8 Å². The Labute approximate surface area is 141 Å². The lowest BCUT2D eigenvalue weighted by Gasteiger charge is -2.15. The van der Waals surface area contributed by atoms with E-state index in [4.69, 9.17) is 0 Å². The minimum Gasteiger partial charge on any atom is -0.353 e. The van der Waals surface area contributed by atoms with E-state index in [1.54, 1.807) is 11.6 Å². The number of fused-ring (bicyclic) bond motifs is 1. The standard InChI is InChI=1S/C13H18N6O2S2/c1-8-15-16-12(23-8)22-7-11(20)14-9-3-4-10-17-18(2)13(21)19(10)6-5-9/h9H,3-7H2,1-2H3,(H,14,20). The van der Waals surface area contributed by atoms with Gasteiger partial charge < -0.3 is 5.32 Å². The van der Waals surface area contributed by atoms with Gasteiger partial charge in [-0.15, -0.1) is 10.2 Å². The SMILES string of the molecule is Cc1nnc(SCC(=O)NC2CCc3nn(C)c(=O)n3CC2)s1. The van der Waals surface area contributed by atoms with E-state index in [0.29, 0.717) is 18.7 Å². The summed E-state index contributed by atoms with van der Waals surface area (Å²) >= 11 is 2.89. The molecule has 3 heterocycles. The van der Waals surface area contributed by atoms with E-state index in [-0.39, 0.29) is 17.6 Å². The highest BCUT2D eigenvalue weighted by molar-refractivity contribution is 8.01. The maximum atomic E-state index is 12.1. The van der Waals surface area contributed by atoms with E-state index in [1.165, 1.54) is 27.8 Å². The molecule has 10 heteroatoms. The first kappa shape index (κ1) is 16.2. The summed E-state index contributed by atoms with van der Waals surface area (Å²) in [5, 5.41) is 16.1. The molecule has 0 aliphatic carbocycles. The van der Waals surface area contributed by atoms with E-state index in [1.807, 2.05) is 6.92 Å². The lowest BCUT2D eigenvalue weighted by Crippen LogP contribution is -2.36. The largest absolute Gasteiger partial charge is 0.353 e. The first-order valence-electron chi connectivity index (χ1n) is 7.38. The Morgan fingerprint density at radius 1 is 1.43 bits per heavy atom. The molecule has 0 bridgehead atoms. The van der Waals surface area contributed by atoms with Gasteiger partial charge in [-0.25, -0.2) is 9.48 Å². The third kappa shape index (κ3) is 3.81. The van der Waals surface area contributed by atoms with Crippen LogP contribution in [0.1, 0.15) is 23.7 Å². The minimum atomic E-state index is -0.0887. The van der Waals surface area contributed by atoms with Gasteiger partial charge in [0.05, 0.1) is 5.75 Å². The molecule has 1 unspecified atom stereocenters. The fourth-order valence-electron chi connectivity index (χ4n) is 2.57. The molecule has 1 aliphatic rings. The third-order valence-electron chi connectivity index (χ3n) is 3.70. The van der Waals surface area contributed by atoms with Gasteiger partial charge in [0.15, 0.2) is 4.34 Å². The molecule has 1 N–H and O–H groups in total. The Hall–Kier alpha value is -1.68. The highest BCUT2D eigenvalue weighted by atomic mass is 32.2.